The molecule has 0 saturated carbocycles. The summed E-state index contributed by atoms with van der Waals surface area (Å²) >= 11 is 0. The van der Waals surface area contributed by atoms with E-state index in [1.807, 2.05) is 16.8 Å². The maximum absolute atomic E-state index is 12.1. The van der Waals surface area contributed by atoms with E-state index in [2.05, 4.69) is 31.6 Å². The van der Waals surface area contributed by atoms with Gasteiger partial charge in [-0.2, -0.15) is 0 Å². The Morgan fingerprint density at radius 2 is 1.79 bits per heavy atom. The smallest absolute Gasteiger partial charge is 0.320 e. The Balaban J connectivity index is 1.44. The second-order valence-corrected chi connectivity index (χ2v) is 7.27. The molecule has 3 saturated heterocycles. The predicted molar refractivity (Wildman–Crippen MR) is 90.9 cm³/mol. The van der Waals surface area contributed by atoms with Crippen molar-refractivity contribution in [3.8, 4) is 0 Å². The number of likely N-dealkylation sites (tertiary alicyclic amines) is 1. The molecule has 3 aliphatic rings. The molecule has 24 heavy (non-hydrogen) atoms. The van der Waals surface area contributed by atoms with Gasteiger partial charge in [-0.05, 0) is 25.9 Å². The van der Waals surface area contributed by atoms with E-state index in [0.29, 0.717) is 0 Å². The average Bonchev–Trinajstić information content (AvgIpc) is 3.09. The molecule has 132 valence electrons. The number of likely N-dealkylation sites (N-methyl/N-ethyl adjacent to an activating group) is 1. The second kappa shape index (κ2) is 6.23. The van der Waals surface area contributed by atoms with Gasteiger partial charge in [-0.1, -0.05) is 6.42 Å². The summed E-state index contributed by atoms with van der Waals surface area (Å²) in [6, 6.07) is 0.418. The lowest BCUT2D eigenvalue weighted by Gasteiger charge is -2.36. The molecule has 0 spiro atoms. The van der Waals surface area contributed by atoms with Gasteiger partial charge in [0.1, 0.15) is 5.82 Å². The van der Waals surface area contributed by atoms with Crippen LogP contribution < -0.4 is 4.90 Å². The summed E-state index contributed by atoms with van der Waals surface area (Å²) in [6.45, 7) is 6.44. The highest BCUT2D eigenvalue weighted by molar-refractivity contribution is 5.77. The Hall–Kier alpha value is -1.83. The van der Waals surface area contributed by atoms with Crippen LogP contribution in [0.3, 0.4) is 0 Å². The number of hydrogen-bond acceptors (Lipinski definition) is 5. The molecule has 8 heteroatoms. The van der Waals surface area contributed by atoms with Crippen LogP contribution in [0, 0.1) is 0 Å². The Kier molecular flexibility index (Phi) is 4.07. The minimum Gasteiger partial charge on any atom is -0.337 e. The highest BCUT2D eigenvalue weighted by Gasteiger charge is 2.39. The van der Waals surface area contributed by atoms with Crippen molar-refractivity contribution >= 4 is 12.0 Å². The maximum Gasteiger partial charge on any atom is 0.320 e. The van der Waals surface area contributed by atoms with Crippen molar-refractivity contribution in [2.75, 3.05) is 51.2 Å². The number of amides is 2. The van der Waals surface area contributed by atoms with E-state index in [9.17, 15) is 4.79 Å². The lowest BCUT2D eigenvalue weighted by atomic mass is 10.1. The van der Waals surface area contributed by atoms with Crippen LogP contribution in [0.15, 0.2) is 0 Å². The minimum absolute atomic E-state index is 0.156. The Labute approximate surface area is 143 Å². The molecule has 0 radical (unpaired) electrons. The molecule has 4 rings (SSSR count). The summed E-state index contributed by atoms with van der Waals surface area (Å²) < 4.78 is 2.13. The molecule has 1 unspecified atom stereocenters. The summed E-state index contributed by atoms with van der Waals surface area (Å²) in [7, 11) is 3.94. The Morgan fingerprint density at radius 1 is 1.00 bits per heavy atom. The van der Waals surface area contributed by atoms with Crippen LogP contribution in [-0.2, 0) is 13.6 Å². The van der Waals surface area contributed by atoms with E-state index < -0.39 is 0 Å². The van der Waals surface area contributed by atoms with Gasteiger partial charge in [-0.3, -0.25) is 9.47 Å². The number of piperidine rings is 1. The quantitative estimate of drug-likeness (QED) is 0.799. The third-order valence-corrected chi connectivity index (χ3v) is 5.58. The van der Waals surface area contributed by atoms with Crippen molar-refractivity contribution in [3.05, 3.63) is 5.82 Å². The van der Waals surface area contributed by atoms with Crippen LogP contribution in [-0.4, -0.2) is 87.9 Å². The number of nitrogens with zero attached hydrogens (tertiary/aromatic N) is 7. The van der Waals surface area contributed by atoms with Crippen LogP contribution in [0.25, 0.3) is 0 Å². The highest BCUT2D eigenvalue weighted by Crippen LogP contribution is 2.23. The van der Waals surface area contributed by atoms with Gasteiger partial charge in [0, 0.05) is 40.3 Å². The number of carbonyl (C=O) groups excluding carboxylic acids is 1. The van der Waals surface area contributed by atoms with Gasteiger partial charge in [0.15, 0.2) is 0 Å². The van der Waals surface area contributed by atoms with Crippen molar-refractivity contribution in [2.24, 2.45) is 7.05 Å². The van der Waals surface area contributed by atoms with Gasteiger partial charge >= 0.3 is 6.03 Å². The van der Waals surface area contributed by atoms with Gasteiger partial charge in [-0.25, -0.2) is 4.79 Å². The van der Waals surface area contributed by atoms with Crippen LogP contribution in [0.2, 0.25) is 0 Å². The van der Waals surface area contributed by atoms with E-state index in [1.54, 1.807) is 0 Å². The van der Waals surface area contributed by atoms with Crippen LogP contribution in [0.4, 0.5) is 10.7 Å². The standard InChI is InChI=1S/C16H27N7O/c1-19-10-13-11-22(8-9-23(13)16(19)24)15-18-17-14(20(15)2)12-21-6-4-3-5-7-21/h13H,3-12H2,1-2H3. The van der Waals surface area contributed by atoms with E-state index in [4.69, 9.17) is 0 Å². The van der Waals surface area contributed by atoms with Crippen molar-refractivity contribution in [3.63, 3.8) is 0 Å². The third kappa shape index (κ3) is 2.72. The summed E-state index contributed by atoms with van der Waals surface area (Å²) in [6.07, 6.45) is 3.92. The number of aromatic nitrogens is 3. The molecule has 0 aromatic carbocycles. The Bertz CT molecular complexity index is 610. The summed E-state index contributed by atoms with van der Waals surface area (Å²) in [5.74, 6) is 1.97. The zero-order valence-electron chi connectivity index (χ0n) is 14.7. The second-order valence-electron chi connectivity index (χ2n) is 7.27. The van der Waals surface area contributed by atoms with Gasteiger partial charge in [0.2, 0.25) is 5.95 Å². The number of piperazine rings is 1. The molecule has 8 nitrogen and oxygen atoms in total. The van der Waals surface area contributed by atoms with Gasteiger partial charge in [-0.15, -0.1) is 10.2 Å². The number of carbonyl (C=O) groups is 1. The molecule has 0 N–H and O–H groups in total. The zero-order valence-corrected chi connectivity index (χ0v) is 14.7. The lowest BCUT2D eigenvalue weighted by Crippen LogP contribution is -2.52. The largest absolute Gasteiger partial charge is 0.337 e. The van der Waals surface area contributed by atoms with Crippen molar-refractivity contribution in [1.82, 2.24) is 29.5 Å². The average molecular weight is 333 g/mol. The number of fused-ring (bicyclic) bond motifs is 1. The molecule has 3 fully saturated rings. The van der Waals surface area contributed by atoms with E-state index in [1.165, 1.54) is 19.3 Å². The first-order valence-electron chi connectivity index (χ1n) is 9.01. The van der Waals surface area contributed by atoms with Crippen LogP contribution >= 0.6 is 0 Å². The van der Waals surface area contributed by atoms with Gasteiger partial charge in [0.05, 0.1) is 12.6 Å². The summed E-state index contributed by atoms with van der Waals surface area (Å²) in [4.78, 5) is 20.6. The third-order valence-electron chi connectivity index (χ3n) is 5.58. The molecule has 1 aromatic heterocycles. The van der Waals surface area contributed by atoms with E-state index in [0.717, 1.165) is 57.6 Å². The fraction of sp³-hybridized carbons (Fsp3) is 0.812. The molecule has 1 aromatic rings. The molecule has 3 aliphatic heterocycles. The molecule has 4 heterocycles. The zero-order chi connectivity index (χ0) is 16.7. The van der Waals surface area contributed by atoms with Gasteiger partial charge in [0.25, 0.3) is 0 Å². The Morgan fingerprint density at radius 3 is 2.58 bits per heavy atom. The summed E-state index contributed by atoms with van der Waals surface area (Å²) in [5.41, 5.74) is 0. The van der Waals surface area contributed by atoms with Gasteiger partial charge < -0.3 is 14.7 Å². The first kappa shape index (κ1) is 15.7. The maximum atomic E-state index is 12.1. The molecule has 0 bridgehead atoms. The predicted octanol–water partition coefficient (Wildman–Crippen LogP) is 0.357. The fourth-order valence-corrected chi connectivity index (χ4v) is 4.14. The van der Waals surface area contributed by atoms with Crippen molar-refractivity contribution in [1.29, 1.82) is 0 Å². The SMILES string of the molecule is CN1CC2CN(c3nnc(CN4CCCCC4)n3C)CCN2C1=O. The topological polar surface area (TPSA) is 60.7 Å². The molecule has 0 aliphatic carbocycles. The number of rotatable bonds is 3. The van der Waals surface area contributed by atoms with Crippen molar-refractivity contribution in [2.45, 2.75) is 31.8 Å². The fourth-order valence-electron chi connectivity index (χ4n) is 4.14. The molecular weight excluding hydrogens is 306 g/mol. The minimum atomic E-state index is 0.156. The first-order valence-corrected chi connectivity index (χ1v) is 9.01. The van der Waals surface area contributed by atoms with Crippen LogP contribution in [0.1, 0.15) is 25.1 Å². The number of urea groups is 1. The monoisotopic (exact) mass is 333 g/mol. The molecule has 1 atom stereocenters. The molecular formula is C16H27N7O. The molecule has 2 amide bonds. The van der Waals surface area contributed by atoms with Crippen LogP contribution in [0.5, 0.6) is 0 Å². The first-order chi connectivity index (χ1) is 11.6. The normalized spacial score (nSPS) is 25.5. The summed E-state index contributed by atoms with van der Waals surface area (Å²) in [5, 5.41) is 8.89. The number of hydrogen-bond donors (Lipinski definition) is 0. The highest BCUT2D eigenvalue weighted by atomic mass is 16.2. The van der Waals surface area contributed by atoms with E-state index >= 15 is 0 Å². The number of anilines is 1. The lowest BCUT2D eigenvalue weighted by molar-refractivity contribution is 0.186. The van der Waals surface area contributed by atoms with Crippen molar-refractivity contribution < 1.29 is 4.79 Å². The van der Waals surface area contributed by atoms with E-state index in [-0.39, 0.29) is 12.1 Å².